The van der Waals surface area contributed by atoms with Crippen LogP contribution in [0.3, 0.4) is 0 Å². The first-order chi connectivity index (χ1) is 8.31. The molecule has 1 amide bonds. The van der Waals surface area contributed by atoms with Gasteiger partial charge in [0, 0.05) is 13.2 Å². The van der Waals surface area contributed by atoms with Crippen molar-refractivity contribution in [1.82, 2.24) is 9.78 Å². The molecule has 1 rings (SSSR count). The summed E-state index contributed by atoms with van der Waals surface area (Å²) in [5.41, 5.74) is 7.51. The molecule has 1 aromatic rings. The van der Waals surface area contributed by atoms with Crippen LogP contribution < -0.4 is 11.1 Å². The summed E-state index contributed by atoms with van der Waals surface area (Å²) < 4.78 is 1.71. The Labute approximate surface area is 109 Å². The zero-order valence-electron chi connectivity index (χ0n) is 11.9. The first kappa shape index (κ1) is 14.7. The van der Waals surface area contributed by atoms with Gasteiger partial charge in [0.25, 0.3) is 0 Å². The minimum absolute atomic E-state index is 0.140. The largest absolute Gasteiger partial charge is 0.322 e. The summed E-state index contributed by atoms with van der Waals surface area (Å²) in [5.74, 6) is 0.533. The van der Waals surface area contributed by atoms with Crippen molar-refractivity contribution in [3.8, 4) is 0 Å². The van der Waals surface area contributed by atoms with E-state index in [4.69, 9.17) is 5.73 Å². The van der Waals surface area contributed by atoms with Gasteiger partial charge in [-0.3, -0.25) is 9.48 Å². The average Bonchev–Trinajstić information content (AvgIpc) is 2.58. The van der Waals surface area contributed by atoms with Gasteiger partial charge in [0.1, 0.15) is 0 Å². The standard InChI is InChI=1S/C13H24N4O/c1-8(2)6-10(14)13(18)15-11-7-17(5)16-12(11)9(3)4/h7-10H,6,14H2,1-5H3,(H,15,18)/t10-/m1/s1. The highest BCUT2D eigenvalue weighted by molar-refractivity contribution is 5.95. The number of amides is 1. The van der Waals surface area contributed by atoms with Crippen LogP contribution in [0, 0.1) is 5.92 Å². The number of hydrogen-bond donors (Lipinski definition) is 2. The molecule has 0 saturated carbocycles. The number of nitrogens with zero attached hydrogens (tertiary/aromatic N) is 2. The molecule has 0 saturated heterocycles. The van der Waals surface area contributed by atoms with E-state index in [9.17, 15) is 4.79 Å². The second-order valence-electron chi connectivity index (χ2n) is 5.48. The van der Waals surface area contributed by atoms with Crippen molar-refractivity contribution in [2.75, 3.05) is 5.32 Å². The van der Waals surface area contributed by atoms with E-state index in [-0.39, 0.29) is 11.8 Å². The van der Waals surface area contributed by atoms with Crippen LogP contribution in [0.4, 0.5) is 5.69 Å². The average molecular weight is 252 g/mol. The van der Waals surface area contributed by atoms with Crippen LogP contribution >= 0.6 is 0 Å². The summed E-state index contributed by atoms with van der Waals surface area (Å²) in [7, 11) is 1.84. The molecule has 0 radical (unpaired) electrons. The van der Waals surface area contributed by atoms with Gasteiger partial charge in [0.15, 0.2) is 0 Å². The minimum atomic E-state index is -0.467. The monoisotopic (exact) mass is 252 g/mol. The molecule has 0 aliphatic carbocycles. The third kappa shape index (κ3) is 3.84. The molecule has 0 bridgehead atoms. The Morgan fingerprint density at radius 1 is 1.44 bits per heavy atom. The molecule has 0 fully saturated rings. The third-order valence-corrected chi connectivity index (χ3v) is 2.72. The number of aryl methyl sites for hydroxylation is 1. The summed E-state index contributed by atoms with van der Waals surface area (Å²) in [4.78, 5) is 12.0. The van der Waals surface area contributed by atoms with Gasteiger partial charge in [0.05, 0.1) is 17.4 Å². The van der Waals surface area contributed by atoms with E-state index in [1.54, 1.807) is 4.68 Å². The second-order valence-corrected chi connectivity index (χ2v) is 5.48. The van der Waals surface area contributed by atoms with E-state index in [0.29, 0.717) is 12.3 Å². The molecule has 102 valence electrons. The summed E-state index contributed by atoms with van der Waals surface area (Å²) in [6.45, 7) is 8.20. The second kappa shape index (κ2) is 6.00. The topological polar surface area (TPSA) is 72.9 Å². The molecule has 5 nitrogen and oxygen atoms in total. The molecular formula is C13H24N4O. The molecule has 1 heterocycles. The van der Waals surface area contributed by atoms with Crippen LogP contribution in [0.15, 0.2) is 6.20 Å². The Morgan fingerprint density at radius 3 is 2.56 bits per heavy atom. The predicted molar refractivity (Wildman–Crippen MR) is 73.4 cm³/mol. The quantitative estimate of drug-likeness (QED) is 0.840. The molecule has 3 N–H and O–H groups in total. The number of nitrogens with one attached hydrogen (secondary N) is 1. The zero-order chi connectivity index (χ0) is 13.9. The molecule has 5 heteroatoms. The molecular weight excluding hydrogens is 228 g/mol. The predicted octanol–water partition coefficient (Wildman–Crippen LogP) is 1.86. The number of carbonyl (C=O) groups excluding carboxylic acids is 1. The summed E-state index contributed by atoms with van der Waals surface area (Å²) >= 11 is 0. The Bertz CT molecular complexity index is 409. The lowest BCUT2D eigenvalue weighted by molar-refractivity contribution is -0.117. The van der Waals surface area contributed by atoms with Crippen LogP contribution in [0.25, 0.3) is 0 Å². The Hall–Kier alpha value is -1.36. The third-order valence-electron chi connectivity index (χ3n) is 2.72. The van der Waals surface area contributed by atoms with Gasteiger partial charge in [0.2, 0.25) is 5.91 Å². The fourth-order valence-corrected chi connectivity index (χ4v) is 1.87. The van der Waals surface area contributed by atoms with Crippen molar-refractivity contribution < 1.29 is 4.79 Å². The summed E-state index contributed by atoms with van der Waals surface area (Å²) in [6, 6.07) is -0.467. The fourth-order valence-electron chi connectivity index (χ4n) is 1.87. The van der Waals surface area contributed by atoms with Crippen molar-refractivity contribution in [2.45, 2.75) is 46.1 Å². The highest BCUT2D eigenvalue weighted by Crippen LogP contribution is 2.22. The normalized spacial score (nSPS) is 13.1. The number of hydrogen-bond acceptors (Lipinski definition) is 3. The van der Waals surface area contributed by atoms with Crippen LogP contribution in [0.2, 0.25) is 0 Å². The minimum Gasteiger partial charge on any atom is -0.322 e. The van der Waals surface area contributed by atoms with Crippen molar-refractivity contribution in [3.63, 3.8) is 0 Å². The van der Waals surface area contributed by atoms with E-state index in [1.165, 1.54) is 0 Å². The highest BCUT2D eigenvalue weighted by atomic mass is 16.2. The van der Waals surface area contributed by atoms with Crippen molar-refractivity contribution in [3.05, 3.63) is 11.9 Å². The SMILES string of the molecule is CC(C)C[C@@H](N)C(=O)Nc1cn(C)nc1C(C)C. The molecule has 0 aromatic carbocycles. The molecule has 1 aromatic heterocycles. The van der Waals surface area contributed by atoms with Gasteiger partial charge >= 0.3 is 0 Å². The smallest absolute Gasteiger partial charge is 0.241 e. The van der Waals surface area contributed by atoms with Crippen LogP contribution in [0.5, 0.6) is 0 Å². The van der Waals surface area contributed by atoms with Gasteiger partial charge < -0.3 is 11.1 Å². The van der Waals surface area contributed by atoms with Gasteiger partial charge in [-0.25, -0.2) is 0 Å². The van der Waals surface area contributed by atoms with Gasteiger partial charge in [-0.1, -0.05) is 27.7 Å². The Balaban J connectivity index is 2.75. The number of rotatable bonds is 5. The first-order valence-corrected chi connectivity index (χ1v) is 6.41. The number of carbonyl (C=O) groups is 1. The van der Waals surface area contributed by atoms with Crippen LogP contribution in [0.1, 0.15) is 45.7 Å². The molecule has 0 spiro atoms. The van der Waals surface area contributed by atoms with E-state index >= 15 is 0 Å². The lowest BCUT2D eigenvalue weighted by Gasteiger charge is -2.14. The lowest BCUT2D eigenvalue weighted by Crippen LogP contribution is -2.36. The maximum absolute atomic E-state index is 12.0. The molecule has 0 aliphatic rings. The van der Waals surface area contributed by atoms with Crippen molar-refractivity contribution in [1.29, 1.82) is 0 Å². The summed E-state index contributed by atoms with van der Waals surface area (Å²) in [6.07, 6.45) is 2.50. The molecule has 0 unspecified atom stereocenters. The number of aromatic nitrogens is 2. The van der Waals surface area contributed by atoms with Gasteiger partial charge in [-0.15, -0.1) is 0 Å². The maximum atomic E-state index is 12.0. The van der Waals surface area contributed by atoms with Crippen LogP contribution in [-0.4, -0.2) is 21.7 Å². The van der Waals surface area contributed by atoms with E-state index in [1.807, 2.05) is 27.1 Å². The molecule has 18 heavy (non-hydrogen) atoms. The van der Waals surface area contributed by atoms with Crippen molar-refractivity contribution in [2.24, 2.45) is 18.7 Å². The lowest BCUT2D eigenvalue weighted by atomic mass is 10.0. The van der Waals surface area contributed by atoms with E-state index < -0.39 is 6.04 Å². The maximum Gasteiger partial charge on any atom is 0.241 e. The highest BCUT2D eigenvalue weighted by Gasteiger charge is 2.18. The fraction of sp³-hybridized carbons (Fsp3) is 0.692. The molecule has 0 aliphatic heterocycles. The number of anilines is 1. The van der Waals surface area contributed by atoms with E-state index in [2.05, 4.69) is 24.3 Å². The van der Waals surface area contributed by atoms with E-state index in [0.717, 1.165) is 11.4 Å². The first-order valence-electron chi connectivity index (χ1n) is 6.41. The summed E-state index contributed by atoms with van der Waals surface area (Å²) in [5, 5.41) is 7.22. The number of nitrogens with two attached hydrogens (primary N) is 1. The van der Waals surface area contributed by atoms with Crippen LogP contribution in [-0.2, 0) is 11.8 Å². The zero-order valence-corrected chi connectivity index (χ0v) is 11.9. The van der Waals surface area contributed by atoms with Gasteiger partial charge in [-0.2, -0.15) is 5.10 Å². The Kier molecular flexibility index (Phi) is 4.90. The van der Waals surface area contributed by atoms with Gasteiger partial charge in [-0.05, 0) is 18.3 Å². The molecule has 1 atom stereocenters. The Morgan fingerprint density at radius 2 is 2.06 bits per heavy atom. The van der Waals surface area contributed by atoms with Crippen molar-refractivity contribution >= 4 is 11.6 Å².